The van der Waals surface area contributed by atoms with E-state index in [0.29, 0.717) is 25.8 Å². The quantitative estimate of drug-likeness (QED) is 0.160. The Labute approximate surface area is 177 Å². The number of aliphatic carboxylic acids is 1. The van der Waals surface area contributed by atoms with Crippen molar-refractivity contribution < 1.29 is 29.4 Å². The Hall–Kier alpha value is -2.24. The minimum Gasteiger partial charge on any atom is -0.480 e. The van der Waals surface area contributed by atoms with Gasteiger partial charge in [0, 0.05) is 0 Å². The highest BCUT2D eigenvalue weighted by Crippen LogP contribution is 2.10. The molecule has 0 aliphatic rings. The van der Waals surface area contributed by atoms with Gasteiger partial charge < -0.3 is 37.6 Å². The van der Waals surface area contributed by atoms with Crippen molar-refractivity contribution in [2.24, 2.45) is 17.4 Å². The van der Waals surface area contributed by atoms with Crippen molar-refractivity contribution in [3.05, 3.63) is 0 Å². The number of aliphatic hydroxyl groups is 1. The monoisotopic (exact) mass is 431 g/mol. The van der Waals surface area contributed by atoms with E-state index in [1.165, 1.54) is 13.8 Å². The van der Waals surface area contributed by atoms with Crippen molar-refractivity contribution in [1.29, 1.82) is 0 Å². The van der Waals surface area contributed by atoms with E-state index in [1.54, 1.807) is 6.92 Å². The predicted molar refractivity (Wildman–Crippen MR) is 111 cm³/mol. The van der Waals surface area contributed by atoms with E-state index in [2.05, 4.69) is 16.0 Å². The van der Waals surface area contributed by atoms with E-state index in [9.17, 15) is 24.3 Å². The summed E-state index contributed by atoms with van der Waals surface area (Å²) in [4.78, 5) is 48.5. The Morgan fingerprint density at radius 2 is 1.43 bits per heavy atom. The van der Waals surface area contributed by atoms with E-state index in [-0.39, 0.29) is 5.92 Å². The van der Waals surface area contributed by atoms with Crippen molar-refractivity contribution in [2.45, 2.75) is 83.6 Å². The largest absolute Gasteiger partial charge is 0.480 e. The summed E-state index contributed by atoms with van der Waals surface area (Å²) in [6, 6.07) is -4.37. The number of carbonyl (C=O) groups is 4. The number of hydrogen-bond donors (Lipinski definition) is 7. The van der Waals surface area contributed by atoms with Gasteiger partial charge in [0.1, 0.15) is 18.1 Å². The summed E-state index contributed by atoms with van der Waals surface area (Å²) in [6.45, 7) is 6.64. The van der Waals surface area contributed by atoms with E-state index in [1.807, 2.05) is 6.92 Å². The van der Waals surface area contributed by atoms with Crippen LogP contribution in [0.4, 0.5) is 0 Å². The molecule has 0 aliphatic heterocycles. The molecule has 0 bridgehead atoms. The predicted octanol–water partition coefficient (Wildman–Crippen LogP) is -1.57. The molecule has 30 heavy (non-hydrogen) atoms. The number of carboxylic acid groups (broad SMARTS) is 1. The molecular weight excluding hydrogens is 394 g/mol. The zero-order valence-electron chi connectivity index (χ0n) is 18.2. The van der Waals surface area contributed by atoms with E-state index in [4.69, 9.17) is 16.6 Å². The van der Waals surface area contributed by atoms with E-state index >= 15 is 0 Å². The molecule has 6 atom stereocenters. The highest BCUT2D eigenvalue weighted by molar-refractivity contribution is 5.94. The van der Waals surface area contributed by atoms with Gasteiger partial charge in [-0.1, -0.05) is 26.7 Å². The van der Waals surface area contributed by atoms with Gasteiger partial charge in [-0.2, -0.15) is 0 Å². The number of aliphatic hydroxyl groups excluding tert-OH is 1. The number of rotatable bonds is 14. The average molecular weight is 432 g/mol. The molecule has 0 saturated carbocycles. The van der Waals surface area contributed by atoms with Gasteiger partial charge in [-0.15, -0.1) is 0 Å². The van der Waals surface area contributed by atoms with Crippen LogP contribution in [0.1, 0.15) is 53.4 Å². The number of carbonyl (C=O) groups excluding carboxylic acids is 3. The van der Waals surface area contributed by atoms with Crippen LogP contribution in [0, 0.1) is 5.92 Å². The molecule has 0 saturated heterocycles. The first-order valence-corrected chi connectivity index (χ1v) is 10.2. The summed E-state index contributed by atoms with van der Waals surface area (Å²) >= 11 is 0. The van der Waals surface area contributed by atoms with Gasteiger partial charge in [0.05, 0.1) is 12.1 Å². The van der Waals surface area contributed by atoms with Crippen molar-refractivity contribution >= 4 is 23.7 Å². The first-order valence-electron chi connectivity index (χ1n) is 10.2. The Morgan fingerprint density at radius 1 is 0.900 bits per heavy atom. The summed E-state index contributed by atoms with van der Waals surface area (Å²) in [5, 5.41) is 26.1. The van der Waals surface area contributed by atoms with Crippen LogP contribution in [0.2, 0.25) is 0 Å². The van der Waals surface area contributed by atoms with Crippen LogP contribution >= 0.6 is 0 Å². The molecule has 174 valence electrons. The minimum atomic E-state index is -1.39. The molecule has 0 aromatic heterocycles. The average Bonchev–Trinajstić information content (AvgIpc) is 2.68. The fourth-order valence-corrected chi connectivity index (χ4v) is 2.62. The molecule has 6 unspecified atom stereocenters. The lowest BCUT2D eigenvalue weighted by Crippen LogP contribution is -2.60. The van der Waals surface area contributed by atoms with E-state index in [0.717, 1.165) is 6.42 Å². The first-order chi connectivity index (χ1) is 14.0. The highest BCUT2D eigenvalue weighted by Gasteiger charge is 2.33. The number of nitrogens with two attached hydrogens (primary N) is 2. The van der Waals surface area contributed by atoms with Crippen molar-refractivity contribution in [3.8, 4) is 0 Å². The number of nitrogens with one attached hydrogen (secondary N) is 3. The van der Waals surface area contributed by atoms with E-state index < -0.39 is 54.0 Å². The first kappa shape index (κ1) is 27.8. The zero-order chi connectivity index (χ0) is 23.4. The van der Waals surface area contributed by atoms with Gasteiger partial charge >= 0.3 is 5.97 Å². The Morgan fingerprint density at radius 3 is 1.90 bits per heavy atom. The lowest BCUT2D eigenvalue weighted by Gasteiger charge is -2.28. The number of carboxylic acids is 1. The molecule has 0 heterocycles. The molecule has 0 rings (SSSR count). The standard InChI is InChI=1S/C19H37N5O6/c1-5-10(2)14(23-16(26)13(21)8-6-7-9-20)17(27)24-15(12(4)25)18(28)22-11(3)19(29)30/h10-15,25H,5-9,20-21H2,1-4H3,(H,22,28)(H,23,26)(H,24,27)(H,29,30). The summed E-state index contributed by atoms with van der Waals surface area (Å²) in [5.41, 5.74) is 11.3. The van der Waals surface area contributed by atoms with Gasteiger partial charge in [-0.25, -0.2) is 0 Å². The maximum absolute atomic E-state index is 12.8. The van der Waals surface area contributed by atoms with Crippen LogP contribution in [0.15, 0.2) is 0 Å². The molecular formula is C19H37N5O6. The zero-order valence-corrected chi connectivity index (χ0v) is 18.2. The molecule has 0 fully saturated rings. The molecule has 0 aromatic carbocycles. The number of amides is 3. The Balaban J connectivity index is 5.24. The molecule has 11 nitrogen and oxygen atoms in total. The van der Waals surface area contributed by atoms with Gasteiger partial charge in [0.15, 0.2) is 0 Å². The SMILES string of the molecule is CCC(C)C(NC(=O)C(N)CCCCN)C(=O)NC(C(=O)NC(C)C(=O)O)C(C)O. The van der Waals surface area contributed by atoms with Crippen LogP contribution in [0.3, 0.4) is 0 Å². The second-order valence-electron chi connectivity index (χ2n) is 7.56. The summed E-state index contributed by atoms with van der Waals surface area (Å²) in [6.07, 6.45) is 1.10. The molecule has 0 aromatic rings. The normalized spacial score (nSPS) is 17.0. The van der Waals surface area contributed by atoms with Crippen molar-refractivity contribution in [3.63, 3.8) is 0 Å². The topological polar surface area (TPSA) is 197 Å². The van der Waals surface area contributed by atoms with Gasteiger partial charge in [0.2, 0.25) is 17.7 Å². The van der Waals surface area contributed by atoms with Gasteiger partial charge in [0.25, 0.3) is 0 Å². The fraction of sp³-hybridized carbons (Fsp3) is 0.789. The Bertz CT molecular complexity index is 586. The lowest BCUT2D eigenvalue weighted by atomic mass is 9.96. The minimum absolute atomic E-state index is 0.277. The summed E-state index contributed by atoms with van der Waals surface area (Å²) < 4.78 is 0. The van der Waals surface area contributed by atoms with Crippen molar-refractivity contribution in [1.82, 2.24) is 16.0 Å². The maximum Gasteiger partial charge on any atom is 0.325 e. The lowest BCUT2D eigenvalue weighted by molar-refractivity contribution is -0.142. The summed E-state index contributed by atoms with van der Waals surface area (Å²) in [7, 11) is 0. The molecule has 0 radical (unpaired) electrons. The number of hydrogen-bond acceptors (Lipinski definition) is 7. The summed E-state index contributed by atoms with van der Waals surface area (Å²) in [5.74, 6) is -3.55. The van der Waals surface area contributed by atoms with Crippen LogP contribution < -0.4 is 27.4 Å². The molecule has 0 aliphatic carbocycles. The van der Waals surface area contributed by atoms with Crippen molar-refractivity contribution in [2.75, 3.05) is 6.54 Å². The third-order valence-electron chi connectivity index (χ3n) is 4.89. The molecule has 11 heteroatoms. The fourth-order valence-electron chi connectivity index (χ4n) is 2.62. The Kier molecular flexibility index (Phi) is 12.8. The van der Waals surface area contributed by atoms with Crippen LogP contribution in [0.25, 0.3) is 0 Å². The second kappa shape index (κ2) is 13.9. The third-order valence-corrected chi connectivity index (χ3v) is 4.89. The van der Waals surface area contributed by atoms with Crippen LogP contribution in [-0.2, 0) is 19.2 Å². The maximum atomic E-state index is 12.8. The van der Waals surface area contributed by atoms with Gasteiger partial charge in [-0.3, -0.25) is 19.2 Å². The number of unbranched alkanes of at least 4 members (excludes halogenated alkanes) is 1. The second-order valence-corrected chi connectivity index (χ2v) is 7.56. The van der Waals surface area contributed by atoms with Crippen LogP contribution in [-0.4, -0.2) is 70.7 Å². The molecule has 3 amide bonds. The smallest absolute Gasteiger partial charge is 0.325 e. The molecule has 0 spiro atoms. The third kappa shape index (κ3) is 9.51. The molecule has 9 N–H and O–H groups in total. The van der Waals surface area contributed by atoms with Crippen LogP contribution in [0.5, 0.6) is 0 Å². The highest BCUT2D eigenvalue weighted by atomic mass is 16.4. The van der Waals surface area contributed by atoms with Gasteiger partial charge in [-0.05, 0) is 39.2 Å².